The van der Waals surface area contributed by atoms with E-state index in [2.05, 4.69) is 5.32 Å². The normalized spacial score (nSPS) is 11.8. The van der Waals surface area contributed by atoms with Crippen LogP contribution in [0.4, 0.5) is 5.69 Å². The van der Waals surface area contributed by atoms with Crippen LogP contribution in [0.5, 0.6) is 0 Å². The third kappa shape index (κ3) is 6.22. The predicted octanol–water partition coefficient (Wildman–Crippen LogP) is 2.13. The number of rotatable bonds is 8. The maximum Gasteiger partial charge on any atom is 0.303 e. The highest BCUT2D eigenvalue weighted by Gasteiger charge is 2.10. The fourth-order valence-electron chi connectivity index (χ4n) is 1.92. The standard InChI is InChI=1S/C15H22N2O3/c1-11(12-5-7-13(16)8-6-12)10-14(18)17-9-3-2-4-15(19)20/h5-8,11H,2-4,9-10,16H2,1H3,(H,17,18)(H,19,20). The summed E-state index contributed by atoms with van der Waals surface area (Å²) >= 11 is 0. The van der Waals surface area contributed by atoms with E-state index in [1.807, 2.05) is 31.2 Å². The van der Waals surface area contributed by atoms with Crippen molar-refractivity contribution >= 4 is 17.6 Å². The zero-order chi connectivity index (χ0) is 15.0. The largest absolute Gasteiger partial charge is 0.481 e. The van der Waals surface area contributed by atoms with Crippen LogP contribution in [-0.2, 0) is 9.59 Å². The summed E-state index contributed by atoms with van der Waals surface area (Å²) in [6, 6.07) is 7.52. The van der Waals surface area contributed by atoms with Crippen LogP contribution in [0.1, 0.15) is 44.1 Å². The molecule has 1 aromatic carbocycles. The van der Waals surface area contributed by atoms with Crippen LogP contribution in [-0.4, -0.2) is 23.5 Å². The number of unbranched alkanes of at least 4 members (excludes halogenated alkanes) is 1. The molecule has 1 amide bonds. The van der Waals surface area contributed by atoms with Crippen LogP contribution in [0.3, 0.4) is 0 Å². The summed E-state index contributed by atoms with van der Waals surface area (Å²) in [6.45, 7) is 2.52. The summed E-state index contributed by atoms with van der Waals surface area (Å²) < 4.78 is 0. The highest BCUT2D eigenvalue weighted by atomic mass is 16.4. The van der Waals surface area contributed by atoms with Gasteiger partial charge in [0.05, 0.1) is 0 Å². The van der Waals surface area contributed by atoms with Crippen molar-refractivity contribution in [1.82, 2.24) is 5.32 Å². The Labute approximate surface area is 119 Å². The first kappa shape index (κ1) is 16.0. The number of amides is 1. The molecule has 0 bridgehead atoms. The minimum absolute atomic E-state index is 0.00958. The van der Waals surface area contributed by atoms with Crippen LogP contribution in [0.15, 0.2) is 24.3 Å². The molecule has 1 atom stereocenters. The van der Waals surface area contributed by atoms with Crippen molar-refractivity contribution in [3.05, 3.63) is 29.8 Å². The molecule has 5 heteroatoms. The van der Waals surface area contributed by atoms with Crippen LogP contribution in [0, 0.1) is 0 Å². The van der Waals surface area contributed by atoms with Gasteiger partial charge in [-0.25, -0.2) is 0 Å². The zero-order valence-electron chi connectivity index (χ0n) is 11.8. The highest BCUT2D eigenvalue weighted by molar-refractivity contribution is 5.76. The van der Waals surface area contributed by atoms with Gasteiger partial charge in [-0.3, -0.25) is 9.59 Å². The number of nitrogen functional groups attached to an aromatic ring is 1. The Bertz CT molecular complexity index is 443. The lowest BCUT2D eigenvalue weighted by Gasteiger charge is -2.12. The van der Waals surface area contributed by atoms with Gasteiger partial charge in [-0.05, 0) is 36.5 Å². The number of anilines is 1. The van der Waals surface area contributed by atoms with Crippen LogP contribution in [0.25, 0.3) is 0 Å². The van der Waals surface area contributed by atoms with Gasteiger partial charge in [-0.1, -0.05) is 19.1 Å². The van der Waals surface area contributed by atoms with Gasteiger partial charge in [0.1, 0.15) is 0 Å². The van der Waals surface area contributed by atoms with Crippen molar-refractivity contribution < 1.29 is 14.7 Å². The molecule has 4 N–H and O–H groups in total. The Morgan fingerprint density at radius 1 is 1.25 bits per heavy atom. The van der Waals surface area contributed by atoms with Crippen molar-refractivity contribution in [3.63, 3.8) is 0 Å². The summed E-state index contributed by atoms with van der Waals surface area (Å²) in [5.41, 5.74) is 7.42. The van der Waals surface area contributed by atoms with Crippen molar-refractivity contribution in [2.45, 2.75) is 38.5 Å². The second-order valence-corrected chi connectivity index (χ2v) is 4.97. The van der Waals surface area contributed by atoms with Gasteiger partial charge >= 0.3 is 5.97 Å². The summed E-state index contributed by atoms with van der Waals surface area (Å²) in [5.74, 6) is -0.674. The lowest BCUT2D eigenvalue weighted by Crippen LogP contribution is -2.25. The maximum atomic E-state index is 11.7. The third-order valence-electron chi connectivity index (χ3n) is 3.14. The molecule has 0 fully saturated rings. The number of hydrogen-bond donors (Lipinski definition) is 3. The van der Waals surface area contributed by atoms with E-state index in [-0.39, 0.29) is 18.2 Å². The summed E-state index contributed by atoms with van der Waals surface area (Å²) in [7, 11) is 0. The van der Waals surface area contributed by atoms with Gasteiger partial charge in [-0.15, -0.1) is 0 Å². The first-order valence-corrected chi connectivity index (χ1v) is 6.83. The number of nitrogens with two attached hydrogens (primary N) is 1. The monoisotopic (exact) mass is 278 g/mol. The molecule has 0 spiro atoms. The average Bonchev–Trinajstić information content (AvgIpc) is 2.38. The van der Waals surface area contributed by atoms with Crippen molar-refractivity contribution in [3.8, 4) is 0 Å². The number of benzene rings is 1. The van der Waals surface area contributed by atoms with Gasteiger partial charge in [0, 0.05) is 25.1 Å². The number of nitrogens with one attached hydrogen (secondary N) is 1. The predicted molar refractivity (Wildman–Crippen MR) is 78.4 cm³/mol. The molecule has 1 unspecified atom stereocenters. The van der Waals surface area contributed by atoms with E-state index in [9.17, 15) is 9.59 Å². The second-order valence-electron chi connectivity index (χ2n) is 4.97. The minimum atomic E-state index is -0.798. The van der Waals surface area contributed by atoms with Gasteiger partial charge in [-0.2, -0.15) is 0 Å². The lowest BCUT2D eigenvalue weighted by molar-refractivity contribution is -0.137. The summed E-state index contributed by atoms with van der Waals surface area (Å²) in [5, 5.41) is 11.3. The van der Waals surface area contributed by atoms with E-state index in [0.717, 1.165) is 5.56 Å². The van der Waals surface area contributed by atoms with E-state index in [0.29, 0.717) is 31.5 Å². The Morgan fingerprint density at radius 2 is 1.90 bits per heavy atom. The molecule has 0 heterocycles. The number of carbonyl (C=O) groups is 2. The molecule has 5 nitrogen and oxygen atoms in total. The molecule has 20 heavy (non-hydrogen) atoms. The van der Waals surface area contributed by atoms with Gasteiger partial charge in [0.2, 0.25) is 5.91 Å². The van der Waals surface area contributed by atoms with Crippen LogP contribution < -0.4 is 11.1 Å². The summed E-state index contributed by atoms with van der Waals surface area (Å²) in [6.07, 6.45) is 1.85. The SMILES string of the molecule is CC(CC(=O)NCCCCC(=O)O)c1ccc(N)cc1. The first-order chi connectivity index (χ1) is 9.49. The van der Waals surface area contributed by atoms with Crippen molar-refractivity contribution in [2.75, 3.05) is 12.3 Å². The van der Waals surface area contributed by atoms with E-state index >= 15 is 0 Å². The Morgan fingerprint density at radius 3 is 2.50 bits per heavy atom. The molecule has 0 aliphatic rings. The minimum Gasteiger partial charge on any atom is -0.481 e. The fraction of sp³-hybridized carbons (Fsp3) is 0.467. The van der Waals surface area contributed by atoms with E-state index in [1.165, 1.54) is 0 Å². The summed E-state index contributed by atoms with van der Waals surface area (Å²) in [4.78, 5) is 22.1. The number of carbonyl (C=O) groups excluding carboxylic acids is 1. The fourth-order valence-corrected chi connectivity index (χ4v) is 1.92. The van der Waals surface area contributed by atoms with Crippen molar-refractivity contribution in [1.29, 1.82) is 0 Å². The smallest absolute Gasteiger partial charge is 0.303 e. The van der Waals surface area contributed by atoms with Gasteiger partial charge in [0.25, 0.3) is 0 Å². The molecule has 0 aromatic heterocycles. The zero-order valence-corrected chi connectivity index (χ0v) is 11.8. The van der Waals surface area contributed by atoms with Crippen LogP contribution in [0.2, 0.25) is 0 Å². The lowest BCUT2D eigenvalue weighted by atomic mass is 9.97. The van der Waals surface area contributed by atoms with E-state index < -0.39 is 5.97 Å². The number of carboxylic acids is 1. The molecule has 0 aliphatic carbocycles. The number of hydrogen-bond acceptors (Lipinski definition) is 3. The molecule has 0 aliphatic heterocycles. The third-order valence-corrected chi connectivity index (χ3v) is 3.14. The molecule has 1 aromatic rings. The van der Waals surface area contributed by atoms with Crippen LogP contribution >= 0.6 is 0 Å². The van der Waals surface area contributed by atoms with E-state index in [4.69, 9.17) is 10.8 Å². The quantitative estimate of drug-likeness (QED) is 0.501. The molecular weight excluding hydrogens is 256 g/mol. The Kier molecular flexibility index (Phi) is 6.56. The second kappa shape index (κ2) is 8.19. The van der Waals surface area contributed by atoms with Crippen molar-refractivity contribution in [2.24, 2.45) is 0 Å². The molecule has 0 saturated heterocycles. The molecule has 0 saturated carbocycles. The first-order valence-electron chi connectivity index (χ1n) is 6.83. The van der Waals surface area contributed by atoms with Gasteiger partial charge in [0.15, 0.2) is 0 Å². The van der Waals surface area contributed by atoms with E-state index in [1.54, 1.807) is 0 Å². The molecule has 110 valence electrons. The number of aliphatic carboxylic acids is 1. The molecular formula is C15H22N2O3. The van der Waals surface area contributed by atoms with Gasteiger partial charge < -0.3 is 16.2 Å². The highest BCUT2D eigenvalue weighted by Crippen LogP contribution is 2.19. The molecule has 1 rings (SSSR count). The number of carboxylic acid groups (broad SMARTS) is 1. The molecule has 0 radical (unpaired) electrons. The maximum absolute atomic E-state index is 11.7. The Hall–Kier alpha value is -2.04. The topological polar surface area (TPSA) is 92.4 Å². The Balaban J connectivity index is 2.24. The average molecular weight is 278 g/mol.